The van der Waals surface area contributed by atoms with E-state index in [1.54, 1.807) is 12.1 Å². The fourth-order valence-corrected chi connectivity index (χ4v) is 1.92. The van der Waals surface area contributed by atoms with Crippen LogP contribution in [-0.2, 0) is 13.1 Å². The zero-order valence-electron chi connectivity index (χ0n) is 12.8. The third-order valence-corrected chi connectivity index (χ3v) is 2.99. The molecule has 5 nitrogen and oxygen atoms in total. The Balaban J connectivity index is 2.53. The molecular weight excluding hydrogens is 273 g/mol. The van der Waals surface area contributed by atoms with Crippen molar-refractivity contribution in [3.63, 3.8) is 0 Å². The first-order valence-electron chi connectivity index (χ1n) is 6.99. The van der Waals surface area contributed by atoms with Gasteiger partial charge in [0.05, 0.1) is 0 Å². The van der Waals surface area contributed by atoms with Gasteiger partial charge >= 0.3 is 6.03 Å². The lowest BCUT2D eigenvalue weighted by Gasteiger charge is -2.14. The highest BCUT2D eigenvalue weighted by molar-refractivity contribution is 5.74. The van der Waals surface area contributed by atoms with Crippen LogP contribution in [0.15, 0.2) is 18.2 Å². The summed E-state index contributed by atoms with van der Waals surface area (Å²) in [6, 6.07) is 4.45. The smallest absolute Gasteiger partial charge is 0.315 e. The maximum Gasteiger partial charge on any atom is 0.315 e. The van der Waals surface area contributed by atoms with E-state index in [2.05, 4.69) is 10.6 Å². The summed E-state index contributed by atoms with van der Waals surface area (Å²) in [5.41, 5.74) is 1.45. The lowest BCUT2D eigenvalue weighted by Crippen LogP contribution is -2.40. The Morgan fingerprint density at radius 2 is 2.14 bits per heavy atom. The van der Waals surface area contributed by atoms with E-state index < -0.39 is 0 Å². The van der Waals surface area contributed by atoms with Crippen molar-refractivity contribution in [1.29, 1.82) is 0 Å². The van der Waals surface area contributed by atoms with Crippen molar-refractivity contribution in [1.82, 2.24) is 15.5 Å². The van der Waals surface area contributed by atoms with Gasteiger partial charge in [-0.05, 0) is 45.1 Å². The van der Waals surface area contributed by atoms with E-state index >= 15 is 0 Å². The molecule has 0 spiro atoms. The first kappa shape index (κ1) is 17.4. The molecule has 0 saturated carbocycles. The number of carbonyl (C=O) groups excluding carboxylic acids is 1. The summed E-state index contributed by atoms with van der Waals surface area (Å²) in [6.07, 6.45) is 0.511. The van der Waals surface area contributed by atoms with Gasteiger partial charge in [0.25, 0.3) is 0 Å². The summed E-state index contributed by atoms with van der Waals surface area (Å²) in [7, 11) is 3.75. The molecule has 0 aliphatic heterocycles. The van der Waals surface area contributed by atoms with Crippen LogP contribution in [0.2, 0.25) is 0 Å². The van der Waals surface area contributed by atoms with Gasteiger partial charge in [-0.2, -0.15) is 0 Å². The predicted octanol–water partition coefficient (Wildman–Crippen LogP) is 1.46. The minimum Gasteiger partial charge on any atom is -0.396 e. The number of hydrogen-bond acceptors (Lipinski definition) is 3. The quantitative estimate of drug-likeness (QED) is 0.714. The average molecular weight is 297 g/mol. The second-order valence-electron chi connectivity index (χ2n) is 5.40. The van der Waals surface area contributed by atoms with Gasteiger partial charge in [0.15, 0.2) is 0 Å². The SMILES string of the molecule is C[C@H](CCO)NC(=O)NCc1ccc(F)c(CN(C)C)c1. The fourth-order valence-electron chi connectivity index (χ4n) is 1.92. The Morgan fingerprint density at radius 1 is 1.43 bits per heavy atom. The van der Waals surface area contributed by atoms with Crippen LogP contribution in [0.25, 0.3) is 0 Å². The molecular formula is C15H24FN3O2. The molecule has 0 bridgehead atoms. The molecule has 1 aromatic carbocycles. The number of nitrogens with one attached hydrogen (secondary N) is 2. The summed E-state index contributed by atoms with van der Waals surface area (Å²) in [5, 5.41) is 14.2. The number of benzene rings is 1. The van der Waals surface area contributed by atoms with E-state index in [4.69, 9.17) is 5.11 Å². The lowest BCUT2D eigenvalue weighted by atomic mass is 10.1. The number of amides is 2. The number of carbonyl (C=O) groups is 1. The maximum atomic E-state index is 13.6. The molecule has 0 unspecified atom stereocenters. The monoisotopic (exact) mass is 297 g/mol. The van der Waals surface area contributed by atoms with Crippen molar-refractivity contribution >= 4 is 6.03 Å². The van der Waals surface area contributed by atoms with Gasteiger partial charge in [0.1, 0.15) is 5.82 Å². The van der Waals surface area contributed by atoms with Crippen LogP contribution in [0.5, 0.6) is 0 Å². The molecule has 118 valence electrons. The molecule has 0 aromatic heterocycles. The molecule has 6 heteroatoms. The van der Waals surface area contributed by atoms with Crippen molar-refractivity contribution in [2.24, 2.45) is 0 Å². The number of halogens is 1. The third-order valence-electron chi connectivity index (χ3n) is 2.99. The molecule has 0 aliphatic rings. The number of nitrogens with zero attached hydrogens (tertiary/aromatic N) is 1. The number of urea groups is 1. The van der Waals surface area contributed by atoms with Gasteiger partial charge in [-0.25, -0.2) is 9.18 Å². The zero-order valence-corrected chi connectivity index (χ0v) is 12.8. The number of aliphatic hydroxyl groups excluding tert-OH is 1. The predicted molar refractivity (Wildman–Crippen MR) is 80.3 cm³/mol. The van der Waals surface area contributed by atoms with Crippen molar-refractivity contribution in [2.45, 2.75) is 32.5 Å². The molecule has 0 radical (unpaired) electrons. The Bertz CT molecular complexity index is 466. The van der Waals surface area contributed by atoms with Crippen LogP contribution in [0.4, 0.5) is 9.18 Å². The number of hydrogen-bond donors (Lipinski definition) is 3. The molecule has 1 atom stereocenters. The molecule has 0 aliphatic carbocycles. The average Bonchev–Trinajstić information content (AvgIpc) is 2.39. The standard InChI is InChI=1S/C15H24FN3O2/c1-11(6-7-20)18-15(21)17-9-12-4-5-14(16)13(8-12)10-19(2)3/h4-5,8,11,20H,6-7,9-10H2,1-3H3,(H2,17,18,21)/t11-/m1/s1. The Labute approximate surface area is 125 Å². The molecule has 0 saturated heterocycles. The Hall–Kier alpha value is -1.66. The van der Waals surface area contributed by atoms with E-state index in [9.17, 15) is 9.18 Å². The second kappa shape index (κ2) is 8.59. The maximum absolute atomic E-state index is 13.6. The number of aliphatic hydroxyl groups is 1. The van der Waals surface area contributed by atoms with Crippen molar-refractivity contribution < 1.29 is 14.3 Å². The summed E-state index contributed by atoms with van der Waals surface area (Å²) in [6.45, 7) is 2.70. The third kappa shape index (κ3) is 6.55. The number of rotatable bonds is 7. The molecule has 21 heavy (non-hydrogen) atoms. The summed E-state index contributed by atoms with van der Waals surface area (Å²) in [5.74, 6) is -0.242. The lowest BCUT2D eigenvalue weighted by molar-refractivity contribution is 0.230. The molecule has 1 rings (SSSR count). The Kier molecular flexibility index (Phi) is 7.11. The highest BCUT2D eigenvalue weighted by atomic mass is 19.1. The van der Waals surface area contributed by atoms with E-state index in [-0.39, 0.29) is 24.5 Å². The highest BCUT2D eigenvalue weighted by Gasteiger charge is 2.08. The minimum absolute atomic E-state index is 0.0350. The Morgan fingerprint density at radius 3 is 2.76 bits per heavy atom. The van der Waals surface area contributed by atoms with Crippen molar-refractivity contribution in [2.75, 3.05) is 20.7 Å². The van der Waals surface area contributed by atoms with Crippen LogP contribution >= 0.6 is 0 Å². The first-order valence-corrected chi connectivity index (χ1v) is 6.99. The van der Waals surface area contributed by atoms with E-state index in [1.165, 1.54) is 6.07 Å². The van der Waals surface area contributed by atoms with Crippen LogP contribution in [0.3, 0.4) is 0 Å². The summed E-state index contributed by atoms with van der Waals surface area (Å²) >= 11 is 0. The normalized spacial score (nSPS) is 12.3. The van der Waals surface area contributed by atoms with E-state index in [1.807, 2.05) is 25.9 Å². The van der Waals surface area contributed by atoms with Gasteiger partial charge in [-0.1, -0.05) is 6.07 Å². The first-order chi connectivity index (χ1) is 9.92. The largest absolute Gasteiger partial charge is 0.396 e. The highest BCUT2D eigenvalue weighted by Crippen LogP contribution is 2.12. The van der Waals surface area contributed by atoms with Gasteiger partial charge in [-0.3, -0.25) is 0 Å². The van der Waals surface area contributed by atoms with Crippen LogP contribution < -0.4 is 10.6 Å². The van der Waals surface area contributed by atoms with Crippen LogP contribution in [0, 0.1) is 5.82 Å². The molecule has 1 aromatic rings. The minimum atomic E-state index is -0.297. The zero-order chi connectivity index (χ0) is 15.8. The summed E-state index contributed by atoms with van der Waals surface area (Å²) in [4.78, 5) is 13.5. The van der Waals surface area contributed by atoms with Crippen molar-refractivity contribution in [3.8, 4) is 0 Å². The molecule has 3 N–H and O–H groups in total. The fraction of sp³-hybridized carbons (Fsp3) is 0.533. The van der Waals surface area contributed by atoms with Crippen molar-refractivity contribution in [3.05, 3.63) is 35.1 Å². The van der Waals surface area contributed by atoms with Gasteiger partial charge in [0.2, 0.25) is 0 Å². The van der Waals surface area contributed by atoms with Gasteiger partial charge < -0.3 is 20.6 Å². The van der Waals surface area contributed by atoms with Gasteiger partial charge in [0, 0.05) is 31.3 Å². The van der Waals surface area contributed by atoms with Crippen LogP contribution in [0.1, 0.15) is 24.5 Å². The molecule has 2 amide bonds. The molecule has 0 fully saturated rings. The van der Waals surface area contributed by atoms with Crippen LogP contribution in [-0.4, -0.2) is 42.8 Å². The summed E-state index contributed by atoms with van der Waals surface area (Å²) < 4.78 is 13.6. The topological polar surface area (TPSA) is 64.6 Å². The molecule has 0 heterocycles. The van der Waals surface area contributed by atoms with Gasteiger partial charge in [-0.15, -0.1) is 0 Å². The second-order valence-corrected chi connectivity index (χ2v) is 5.40. The van der Waals surface area contributed by atoms with E-state index in [0.29, 0.717) is 25.1 Å². The van der Waals surface area contributed by atoms with E-state index in [0.717, 1.165) is 5.56 Å².